The first-order valence-electron chi connectivity index (χ1n) is 5.33. The van der Waals surface area contributed by atoms with Gasteiger partial charge in [-0.25, -0.2) is 4.98 Å². The van der Waals surface area contributed by atoms with Crippen molar-refractivity contribution >= 4 is 11.5 Å². The smallest absolute Gasteiger partial charge is 0.314 e. The number of hydrogen-bond donors (Lipinski definition) is 1. The van der Waals surface area contributed by atoms with Gasteiger partial charge in [0, 0.05) is 17.3 Å². The molecule has 0 aromatic carbocycles. The van der Waals surface area contributed by atoms with Crippen molar-refractivity contribution < 1.29 is 9.45 Å². The zero-order valence-electron chi connectivity index (χ0n) is 10.0. The minimum Gasteiger partial charge on any atom is -0.364 e. The van der Waals surface area contributed by atoms with Crippen molar-refractivity contribution in [3.63, 3.8) is 0 Å². The minimum atomic E-state index is -0.444. The Morgan fingerprint density at radius 1 is 1.44 bits per heavy atom. The van der Waals surface area contributed by atoms with Gasteiger partial charge in [-0.3, -0.25) is 10.1 Å². The summed E-state index contributed by atoms with van der Waals surface area (Å²) < 4.78 is 4.79. The molecule has 2 rings (SSSR count). The number of nitrogens with one attached hydrogen (secondary N) is 1. The van der Waals surface area contributed by atoms with Crippen molar-refractivity contribution in [1.82, 2.24) is 10.1 Å². The Morgan fingerprint density at radius 3 is 2.83 bits per heavy atom. The van der Waals surface area contributed by atoms with E-state index in [2.05, 4.69) is 15.5 Å². The molecule has 18 heavy (non-hydrogen) atoms. The Kier molecular flexibility index (Phi) is 3.22. The maximum Gasteiger partial charge on any atom is 0.314 e. The molecule has 2 aromatic heterocycles. The second-order valence-electron chi connectivity index (χ2n) is 3.88. The van der Waals surface area contributed by atoms with Crippen LogP contribution in [-0.4, -0.2) is 15.1 Å². The van der Waals surface area contributed by atoms with Crippen LogP contribution in [0.4, 0.5) is 11.5 Å². The monoisotopic (exact) mass is 248 g/mol. The fraction of sp³-hybridized carbons (Fsp3) is 0.273. The molecule has 7 heteroatoms. The Morgan fingerprint density at radius 2 is 2.22 bits per heavy atom. The molecule has 0 saturated carbocycles. The predicted octanol–water partition coefficient (Wildman–Crippen LogP) is 2.21. The third-order valence-electron chi connectivity index (χ3n) is 2.58. The Balaban J connectivity index is 2.22. The van der Waals surface area contributed by atoms with Gasteiger partial charge in [-0.2, -0.15) is 0 Å². The van der Waals surface area contributed by atoms with E-state index >= 15 is 0 Å². The quantitative estimate of drug-likeness (QED) is 0.658. The minimum absolute atomic E-state index is 0.0151. The number of hydrogen-bond acceptors (Lipinski definition) is 6. The molecular weight excluding hydrogens is 236 g/mol. The molecule has 0 aliphatic rings. The van der Waals surface area contributed by atoms with Gasteiger partial charge in [0.15, 0.2) is 0 Å². The summed E-state index contributed by atoms with van der Waals surface area (Å²) in [5.74, 6) is 0.238. The lowest BCUT2D eigenvalue weighted by Crippen LogP contribution is -2.06. The first-order valence-corrected chi connectivity index (χ1v) is 5.33. The van der Waals surface area contributed by atoms with Gasteiger partial charge in [0.05, 0.1) is 11.5 Å². The van der Waals surface area contributed by atoms with Crippen LogP contribution in [0.15, 0.2) is 23.0 Å². The number of aromatic nitrogens is 2. The summed E-state index contributed by atoms with van der Waals surface area (Å²) in [6.07, 6.45) is 3.05. The average Bonchev–Trinajstić information content (AvgIpc) is 2.71. The molecule has 7 nitrogen and oxygen atoms in total. The third-order valence-corrected chi connectivity index (χ3v) is 2.58. The molecule has 0 atom stereocenters. The van der Waals surface area contributed by atoms with Crippen molar-refractivity contribution in [3.05, 3.63) is 45.5 Å². The van der Waals surface area contributed by atoms with Gasteiger partial charge in [-0.15, -0.1) is 0 Å². The molecule has 0 aliphatic carbocycles. The van der Waals surface area contributed by atoms with Crippen LogP contribution in [0.5, 0.6) is 0 Å². The zero-order valence-corrected chi connectivity index (χ0v) is 10.0. The summed E-state index contributed by atoms with van der Waals surface area (Å²) >= 11 is 0. The van der Waals surface area contributed by atoms with Crippen LogP contribution in [0, 0.1) is 24.0 Å². The predicted molar refractivity (Wildman–Crippen MR) is 64.2 cm³/mol. The van der Waals surface area contributed by atoms with Crippen LogP contribution < -0.4 is 5.32 Å². The summed E-state index contributed by atoms with van der Waals surface area (Å²) in [6.45, 7) is 3.86. The highest BCUT2D eigenvalue weighted by Crippen LogP contribution is 2.25. The topological polar surface area (TPSA) is 94.1 Å². The van der Waals surface area contributed by atoms with E-state index in [-0.39, 0.29) is 11.5 Å². The van der Waals surface area contributed by atoms with E-state index in [1.54, 1.807) is 13.0 Å². The van der Waals surface area contributed by atoms with E-state index < -0.39 is 4.92 Å². The third kappa shape index (κ3) is 2.29. The van der Waals surface area contributed by atoms with Gasteiger partial charge >= 0.3 is 5.69 Å². The molecular formula is C11H12N4O3. The number of aryl methyl sites for hydroxylation is 2. The van der Waals surface area contributed by atoms with Crippen LogP contribution in [0.3, 0.4) is 0 Å². The molecule has 0 radical (unpaired) electrons. The molecule has 2 heterocycles. The number of nitrogens with zero attached hydrogens (tertiary/aromatic N) is 3. The Hall–Kier alpha value is -2.44. The van der Waals surface area contributed by atoms with Crippen LogP contribution >= 0.6 is 0 Å². The molecule has 0 spiro atoms. The van der Waals surface area contributed by atoms with Crippen LogP contribution in [0.25, 0.3) is 0 Å². The zero-order chi connectivity index (χ0) is 13.1. The molecule has 0 unspecified atom stereocenters. The molecule has 0 fully saturated rings. The largest absolute Gasteiger partial charge is 0.364 e. The Bertz CT molecular complexity index is 579. The first kappa shape index (κ1) is 12.0. The Labute approximate surface area is 103 Å². The molecule has 0 saturated heterocycles. The lowest BCUT2D eigenvalue weighted by atomic mass is 10.2. The van der Waals surface area contributed by atoms with Crippen molar-refractivity contribution in [2.75, 3.05) is 5.32 Å². The molecule has 0 bridgehead atoms. The van der Waals surface area contributed by atoms with Gasteiger partial charge in [-0.05, 0) is 19.9 Å². The van der Waals surface area contributed by atoms with E-state index in [1.165, 1.54) is 12.5 Å². The van der Waals surface area contributed by atoms with Gasteiger partial charge < -0.3 is 9.84 Å². The fourth-order valence-electron chi connectivity index (χ4n) is 1.56. The maximum atomic E-state index is 11.0. The summed E-state index contributed by atoms with van der Waals surface area (Å²) in [6, 6.07) is 1.60. The van der Waals surface area contributed by atoms with Crippen molar-refractivity contribution in [2.24, 2.45) is 0 Å². The van der Waals surface area contributed by atoms with Crippen LogP contribution in [-0.2, 0) is 6.54 Å². The number of nitro groups is 1. The second kappa shape index (κ2) is 4.82. The highest BCUT2D eigenvalue weighted by atomic mass is 16.6. The molecule has 2 aromatic rings. The SMILES string of the molecule is Cc1conc1CNc1nccc(C)c1[N+](=O)[O-]. The number of anilines is 1. The van der Waals surface area contributed by atoms with Crippen LogP contribution in [0.2, 0.25) is 0 Å². The molecule has 1 N–H and O–H groups in total. The van der Waals surface area contributed by atoms with E-state index in [0.29, 0.717) is 17.8 Å². The maximum absolute atomic E-state index is 11.0. The van der Waals surface area contributed by atoms with Gasteiger partial charge in [0.25, 0.3) is 0 Å². The summed E-state index contributed by atoms with van der Waals surface area (Å²) in [5.41, 5.74) is 2.14. The molecule has 0 aliphatic heterocycles. The summed E-state index contributed by atoms with van der Waals surface area (Å²) in [4.78, 5) is 14.5. The second-order valence-corrected chi connectivity index (χ2v) is 3.88. The highest BCUT2D eigenvalue weighted by molar-refractivity contribution is 5.59. The van der Waals surface area contributed by atoms with Crippen molar-refractivity contribution in [2.45, 2.75) is 20.4 Å². The van der Waals surface area contributed by atoms with E-state index in [1.807, 2.05) is 6.92 Å². The lowest BCUT2D eigenvalue weighted by molar-refractivity contribution is -0.384. The van der Waals surface area contributed by atoms with Gasteiger partial charge in [0.1, 0.15) is 12.0 Å². The van der Waals surface area contributed by atoms with E-state index in [4.69, 9.17) is 4.52 Å². The molecule has 0 amide bonds. The van der Waals surface area contributed by atoms with Gasteiger partial charge in [-0.1, -0.05) is 5.16 Å². The van der Waals surface area contributed by atoms with E-state index in [0.717, 1.165) is 5.56 Å². The fourth-order valence-corrected chi connectivity index (χ4v) is 1.56. The standard InChI is InChI=1S/C11H12N4O3/c1-7-3-4-12-11(10(7)15(16)17)13-5-9-8(2)6-18-14-9/h3-4,6H,5H2,1-2H3,(H,12,13). The van der Waals surface area contributed by atoms with Crippen molar-refractivity contribution in [1.29, 1.82) is 0 Å². The average molecular weight is 248 g/mol. The normalized spacial score (nSPS) is 10.3. The van der Waals surface area contributed by atoms with E-state index in [9.17, 15) is 10.1 Å². The lowest BCUT2D eigenvalue weighted by Gasteiger charge is -2.06. The number of rotatable bonds is 4. The first-order chi connectivity index (χ1) is 8.59. The number of pyridine rings is 1. The van der Waals surface area contributed by atoms with Crippen molar-refractivity contribution in [3.8, 4) is 0 Å². The summed E-state index contributed by atoms with van der Waals surface area (Å²) in [5, 5.41) is 17.7. The molecule has 94 valence electrons. The van der Waals surface area contributed by atoms with Gasteiger partial charge in [0.2, 0.25) is 5.82 Å². The summed E-state index contributed by atoms with van der Waals surface area (Å²) in [7, 11) is 0. The highest BCUT2D eigenvalue weighted by Gasteiger charge is 2.18. The van der Waals surface area contributed by atoms with Crippen LogP contribution in [0.1, 0.15) is 16.8 Å².